The molecule has 0 aromatic heterocycles. The average molecular weight is 314 g/mol. The number of carbonyl (C=O) groups excluding carboxylic acids is 1. The third kappa shape index (κ3) is 3.74. The van der Waals surface area contributed by atoms with Crippen LogP contribution < -0.4 is 24.0 Å². The summed E-state index contributed by atoms with van der Waals surface area (Å²) in [5.41, 5.74) is -0.966. The molecule has 0 aromatic rings. The minimum atomic E-state index is -1.53. The molecule has 0 amide bonds. The Morgan fingerprint density at radius 2 is 1.22 bits per heavy atom. The Hall–Kier alpha value is -0.593. The van der Waals surface area contributed by atoms with E-state index in [0.29, 0.717) is 0 Å². The predicted octanol–water partition coefficient (Wildman–Crippen LogP) is 0.251. The summed E-state index contributed by atoms with van der Waals surface area (Å²) >= 11 is 0. The zero-order valence-electron chi connectivity index (χ0n) is 16.6. The minimum Gasteiger partial charge on any atom is -0.545 e. The van der Waals surface area contributed by atoms with Crippen LogP contribution in [0.2, 0.25) is 0 Å². The maximum absolute atomic E-state index is 12.0. The number of carbonyl (C=O) groups is 1. The third-order valence-electron chi connectivity index (χ3n) is 5.15. The van der Waals surface area contributed by atoms with Crippen LogP contribution in [0.3, 0.4) is 0 Å². The van der Waals surface area contributed by atoms with E-state index in [1.807, 2.05) is 20.8 Å². The molecule has 1 heterocycles. The van der Waals surface area contributed by atoms with E-state index in [1.165, 1.54) is 0 Å². The van der Waals surface area contributed by atoms with E-state index in [4.69, 9.17) is 0 Å². The predicted molar refractivity (Wildman–Crippen MR) is 90.2 cm³/mol. The van der Waals surface area contributed by atoms with E-state index in [-0.39, 0.29) is 29.7 Å². The number of hydrogen-bond acceptors (Lipinski definition) is 4. The molecule has 0 aromatic carbocycles. The Kier molecular flexibility index (Phi) is 6.55. The molecule has 0 unspecified atom stereocenters. The first-order chi connectivity index (χ1) is 9.75. The second-order valence-electron chi connectivity index (χ2n) is 8.61. The molecule has 1 aliphatic heterocycles. The van der Waals surface area contributed by atoms with Crippen molar-refractivity contribution in [3.63, 3.8) is 0 Å². The summed E-state index contributed by atoms with van der Waals surface area (Å²) < 4.78 is 0. The van der Waals surface area contributed by atoms with Gasteiger partial charge < -0.3 is 9.90 Å². The smallest absolute Gasteiger partial charge is 0.545 e. The number of carboxylic acid groups (broad SMARTS) is 1. The van der Waals surface area contributed by atoms with E-state index >= 15 is 0 Å². The SMILES string of the molecule is CCC(C)(C)C1=NC(C(=O)[O-])(C(C)(C)C)N=C1C(C)(C)CC.[Li+]. The minimum absolute atomic E-state index is 0. The number of rotatable bonds is 5. The Bertz CT molecular complexity index is 494. The Morgan fingerprint density at radius 3 is 1.39 bits per heavy atom. The molecule has 0 saturated heterocycles. The molecule has 1 rings (SSSR count). The molecule has 0 radical (unpaired) electrons. The molecule has 0 fully saturated rings. The number of hydrogen-bond donors (Lipinski definition) is 0. The fraction of sp³-hybridized carbons (Fsp3) is 0.833. The number of nitrogens with zero attached hydrogens (tertiary/aromatic N) is 2. The van der Waals surface area contributed by atoms with Crippen LogP contribution in [0.15, 0.2) is 9.98 Å². The standard InChI is InChI=1S/C18H32N2O2.Li/c1-10-16(6,7)12-13(17(8,9)11-2)20-18(19-12,14(21)22)15(3,4)5;/h10-11H2,1-9H3,(H,21,22);/q;+1/p-1. The molecular formula is C18H31LiN2O2. The van der Waals surface area contributed by atoms with E-state index in [9.17, 15) is 9.90 Å². The van der Waals surface area contributed by atoms with Crippen molar-refractivity contribution in [2.24, 2.45) is 26.2 Å². The van der Waals surface area contributed by atoms with Crippen molar-refractivity contribution in [2.45, 2.75) is 80.8 Å². The molecule has 0 N–H and O–H groups in total. The van der Waals surface area contributed by atoms with Crippen molar-refractivity contribution in [1.82, 2.24) is 0 Å². The van der Waals surface area contributed by atoms with Crippen molar-refractivity contribution in [1.29, 1.82) is 0 Å². The first kappa shape index (κ1) is 22.4. The van der Waals surface area contributed by atoms with Gasteiger partial charge in [0.25, 0.3) is 0 Å². The van der Waals surface area contributed by atoms with E-state index < -0.39 is 17.0 Å². The van der Waals surface area contributed by atoms with Gasteiger partial charge in [-0.1, -0.05) is 62.3 Å². The Labute approximate surface area is 153 Å². The second kappa shape index (κ2) is 6.73. The number of aliphatic imine (C=N–C) groups is 2. The van der Waals surface area contributed by atoms with E-state index in [0.717, 1.165) is 24.3 Å². The number of aliphatic carboxylic acids is 1. The van der Waals surface area contributed by atoms with Gasteiger partial charge in [0.05, 0.1) is 17.4 Å². The summed E-state index contributed by atoms with van der Waals surface area (Å²) in [6, 6.07) is 0. The molecule has 4 nitrogen and oxygen atoms in total. The monoisotopic (exact) mass is 314 g/mol. The van der Waals surface area contributed by atoms with Crippen LogP contribution in [0.4, 0.5) is 0 Å². The van der Waals surface area contributed by atoms with Gasteiger partial charge in [0, 0.05) is 16.2 Å². The molecule has 126 valence electrons. The van der Waals surface area contributed by atoms with Crippen molar-refractivity contribution in [3.8, 4) is 0 Å². The van der Waals surface area contributed by atoms with Crippen LogP contribution in [0.1, 0.15) is 75.2 Å². The second-order valence-corrected chi connectivity index (χ2v) is 8.61. The first-order valence-electron chi connectivity index (χ1n) is 8.17. The van der Waals surface area contributed by atoms with Gasteiger partial charge in [-0.2, -0.15) is 0 Å². The molecular weight excluding hydrogens is 283 g/mol. The first-order valence-corrected chi connectivity index (χ1v) is 8.17. The molecule has 0 saturated carbocycles. The van der Waals surface area contributed by atoms with Crippen LogP contribution in [-0.2, 0) is 4.79 Å². The van der Waals surface area contributed by atoms with Gasteiger partial charge in [0.1, 0.15) is 0 Å². The molecule has 0 atom stereocenters. The molecule has 23 heavy (non-hydrogen) atoms. The largest absolute Gasteiger partial charge is 1.00 e. The van der Waals surface area contributed by atoms with Gasteiger partial charge in [-0.05, 0) is 12.8 Å². The van der Waals surface area contributed by atoms with Crippen LogP contribution in [0, 0.1) is 16.2 Å². The maximum Gasteiger partial charge on any atom is 1.00 e. The van der Waals surface area contributed by atoms with Crippen molar-refractivity contribution < 1.29 is 28.8 Å². The summed E-state index contributed by atoms with van der Waals surface area (Å²) in [7, 11) is 0. The van der Waals surface area contributed by atoms with Crippen LogP contribution >= 0.6 is 0 Å². The van der Waals surface area contributed by atoms with E-state index in [2.05, 4.69) is 51.5 Å². The Balaban J connectivity index is 0.00000484. The van der Waals surface area contributed by atoms with Gasteiger partial charge in [-0.25, -0.2) is 0 Å². The Morgan fingerprint density at radius 1 is 0.913 bits per heavy atom. The number of carboxylic acids is 1. The quantitative estimate of drug-likeness (QED) is 0.683. The summed E-state index contributed by atoms with van der Waals surface area (Å²) in [5.74, 6) is -1.22. The third-order valence-corrected chi connectivity index (χ3v) is 5.15. The van der Waals surface area contributed by atoms with Crippen molar-refractivity contribution in [2.75, 3.05) is 0 Å². The van der Waals surface area contributed by atoms with Gasteiger partial charge in [-0.3, -0.25) is 9.98 Å². The zero-order valence-corrected chi connectivity index (χ0v) is 16.6. The summed E-state index contributed by atoms with van der Waals surface area (Å²) in [6.07, 6.45) is 1.75. The molecule has 5 heteroatoms. The maximum atomic E-state index is 12.0. The molecule has 0 bridgehead atoms. The average Bonchev–Trinajstić information content (AvgIpc) is 2.81. The van der Waals surface area contributed by atoms with Gasteiger partial charge in [0.15, 0.2) is 5.66 Å². The topological polar surface area (TPSA) is 64.8 Å². The molecule has 1 aliphatic rings. The summed E-state index contributed by atoms with van der Waals surface area (Å²) in [6.45, 7) is 18.1. The van der Waals surface area contributed by atoms with Gasteiger partial charge in [0.2, 0.25) is 0 Å². The van der Waals surface area contributed by atoms with Crippen molar-refractivity contribution >= 4 is 17.4 Å². The molecule has 0 spiro atoms. The van der Waals surface area contributed by atoms with Gasteiger partial charge in [-0.15, -0.1) is 0 Å². The normalized spacial score (nSPS) is 18.1. The molecule has 0 aliphatic carbocycles. The zero-order chi connectivity index (χ0) is 17.6. The van der Waals surface area contributed by atoms with E-state index in [1.54, 1.807) is 0 Å². The fourth-order valence-corrected chi connectivity index (χ4v) is 2.47. The van der Waals surface area contributed by atoms with Crippen molar-refractivity contribution in [3.05, 3.63) is 0 Å². The van der Waals surface area contributed by atoms with Crippen LogP contribution in [0.5, 0.6) is 0 Å². The van der Waals surface area contributed by atoms with Gasteiger partial charge >= 0.3 is 18.9 Å². The summed E-state index contributed by atoms with van der Waals surface area (Å²) in [4.78, 5) is 21.3. The fourth-order valence-electron chi connectivity index (χ4n) is 2.47. The summed E-state index contributed by atoms with van der Waals surface area (Å²) in [5, 5.41) is 12.0. The van der Waals surface area contributed by atoms with Crippen LogP contribution in [0.25, 0.3) is 0 Å². The van der Waals surface area contributed by atoms with Crippen LogP contribution in [-0.4, -0.2) is 23.1 Å².